The van der Waals surface area contributed by atoms with E-state index in [0.717, 1.165) is 31.1 Å². The molecule has 23 heavy (non-hydrogen) atoms. The van der Waals surface area contributed by atoms with Gasteiger partial charge in [0.2, 0.25) is 5.16 Å². The molecule has 2 aromatic rings. The average Bonchev–Trinajstić information content (AvgIpc) is 3.19. The van der Waals surface area contributed by atoms with Crippen molar-refractivity contribution in [2.75, 3.05) is 6.61 Å². The van der Waals surface area contributed by atoms with Crippen LogP contribution in [-0.2, 0) is 17.7 Å². The fraction of sp³-hybridized carbons (Fsp3) is 0.588. The first-order valence-electron chi connectivity index (χ1n) is 8.52. The largest absolute Gasteiger partial charge is 0.376 e. The van der Waals surface area contributed by atoms with Crippen molar-refractivity contribution >= 4 is 11.8 Å². The topological polar surface area (TPSA) is 52.8 Å². The van der Waals surface area contributed by atoms with Crippen LogP contribution in [0, 0.1) is 0 Å². The molecule has 6 heteroatoms. The van der Waals surface area contributed by atoms with Crippen LogP contribution in [0.15, 0.2) is 29.4 Å². The summed E-state index contributed by atoms with van der Waals surface area (Å²) in [5.74, 6) is 0. The number of ether oxygens (including phenoxy) is 1. The maximum Gasteiger partial charge on any atom is 0.209 e. The predicted octanol–water partition coefficient (Wildman–Crippen LogP) is 3.41. The molecular weight excluding hydrogens is 308 g/mol. The quantitative estimate of drug-likeness (QED) is 0.804. The molecule has 0 N–H and O–H groups in total. The lowest BCUT2D eigenvalue weighted by Crippen LogP contribution is -2.17. The van der Waals surface area contributed by atoms with Crippen LogP contribution in [0.1, 0.15) is 48.5 Å². The number of aromatic nitrogens is 4. The molecule has 1 aliphatic carbocycles. The minimum atomic E-state index is 0.263. The molecule has 1 aromatic heterocycles. The third-order valence-electron chi connectivity index (χ3n) is 4.71. The standard InChI is InChI=1S/C17H22N4OS/c1-3-9-15-13(6-1)7-2-4-10-16(15)23-17-18-19-20-21(17)12-14-8-5-11-22-14/h1,3,6,9,14,16H,2,4-5,7-8,10-12H2. The SMILES string of the molecule is c1ccc2c(c1)CCCCC2Sc1nnnn1CC1CCCO1. The molecule has 0 saturated carbocycles. The maximum absolute atomic E-state index is 5.72. The first-order chi connectivity index (χ1) is 11.4. The van der Waals surface area contributed by atoms with Crippen molar-refractivity contribution in [2.45, 2.75) is 61.6 Å². The van der Waals surface area contributed by atoms with E-state index >= 15 is 0 Å². The molecular formula is C17H22N4OS. The second-order valence-corrected chi connectivity index (χ2v) is 7.50. The average molecular weight is 330 g/mol. The third-order valence-corrected chi connectivity index (χ3v) is 5.99. The number of benzene rings is 1. The fourth-order valence-corrected chi connectivity index (χ4v) is 4.72. The Hall–Kier alpha value is -1.40. The Kier molecular flexibility index (Phi) is 4.62. The van der Waals surface area contributed by atoms with Gasteiger partial charge in [-0.15, -0.1) is 5.10 Å². The second kappa shape index (κ2) is 7.01. The summed E-state index contributed by atoms with van der Waals surface area (Å²) < 4.78 is 7.65. The van der Waals surface area contributed by atoms with Crippen molar-refractivity contribution < 1.29 is 4.74 Å². The monoisotopic (exact) mass is 330 g/mol. The van der Waals surface area contributed by atoms with Crippen molar-refractivity contribution in [1.82, 2.24) is 20.2 Å². The van der Waals surface area contributed by atoms with E-state index in [1.165, 1.54) is 36.8 Å². The van der Waals surface area contributed by atoms with Gasteiger partial charge in [-0.3, -0.25) is 0 Å². The summed E-state index contributed by atoms with van der Waals surface area (Å²) in [5, 5.41) is 13.7. The molecule has 1 aromatic carbocycles. The van der Waals surface area contributed by atoms with Crippen molar-refractivity contribution in [3.8, 4) is 0 Å². The summed E-state index contributed by atoms with van der Waals surface area (Å²) in [6.07, 6.45) is 7.43. The van der Waals surface area contributed by atoms with Gasteiger partial charge in [0, 0.05) is 11.9 Å². The van der Waals surface area contributed by atoms with Crippen molar-refractivity contribution in [3.05, 3.63) is 35.4 Å². The molecule has 1 aliphatic heterocycles. The molecule has 1 fully saturated rings. The number of hydrogen-bond acceptors (Lipinski definition) is 5. The van der Waals surface area contributed by atoms with Gasteiger partial charge in [0.1, 0.15) is 0 Å². The number of tetrazole rings is 1. The summed E-state index contributed by atoms with van der Waals surface area (Å²) in [6.45, 7) is 1.63. The van der Waals surface area contributed by atoms with Crippen molar-refractivity contribution in [1.29, 1.82) is 0 Å². The van der Waals surface area contributed by atoms with Crippen LogP contribution in [0.3, 0.4) is 0 Å². The lowest BCUT2D eigenvalue weighted by molar-refractivity contribution is 0.0911. The molecule has 122 valence electrons. The van der Waals surface area contributed by atoms with E-state index in [1.54, 1.807) is 0 Å². The summed E-state index contributed by atoms with van der Waals surface area (Å²) >= 11 is 1.81. The molecule has 2 atom stereocenters. The Balaban J connectivity index is 1.53. The Morgan fingerprint density at radius 3 is 3.04 bits per heavy atom. The normalized spacial score (nSPS) is 24.3. The minimum absolute atomic E-state index is 0.263. The fourth-order valence-electron chi connectivity index (χ4n) is 3.50. The number of hydrogen-bond donors (Lipinski definition) is 0. The highest BCUT2D eigenvalue weighted by Crippen LogP contribution is 2.41. The molecule has 4 rings (SSSR count). The highest BCUT2D eigenvalue weighted by molar-refractivity contribution is 7.99. The van der Waals surface area contributed by atoms with E-state index in [1.807, 2.05) is 16.4 Å². The second-order valence-electron chi connectivity index (χ2n) is 6.33. The van der Waals surface area contributed by atoms with Crippen molar-refractivity contribution in [2.24, 2.45) is 0 Å². The lowest BCUT2D eigenvalue weighted by Gasteiger charge is -2.17. The summed E-state index contributed by atoms with van der Waals surface area (Å²) in [5.41, 5.74) is 2.95. The van der Waals surface area contributed by atoms with Crippen LogP contribution < -0.4 is 0 Å². The van der Waals surface area contributed by atoms with Gasteiger partial charge in [0.25, 0.3) is 0 Å². The molecule has 2 aliphatic rings. The molecule has 1 saturated heterocycles. The van der Waals surface area contributed by atoms with Gasteiger partial charge in [-0.25, -0.2) is 4.68 Å². The third kappa shape index (κ3) is 3.43. The van der Waals surface area contributed by atoms with Gasteiger partial charge >= 0.3 is 0 Å². The zero-order valence-electron chi connectivity index (χ0n) is 13.2. The molecule has 2 unspecified atom stereocenters. The number of rotatable bonds is 4. The van der Waals surface area contributed by atoms with E-state index in [0.29, 0.717) is 5.25 Å². The maximum atomic E-state index is 5.72. The van der Waals surface area contributed by atoms with E-state index in [2.05, 4.69) is 39.8 Å². The van der Waals surface area contributed by atoms with E-state index in [9.17, 15) is 0 Å². The van der Waals surface area contributed by atoms with Gasteiger partial charge in [-0.1, -0.05) is 42.4 Å². The number of thioether (sulfide) groups is 1. The predicted molar refractivity (Wildman–Crippen MR) is 89.4 cm³/mol. The van der Waals surface area contributed by atoms with Crippen LogP contribution in [0.5, 0.6) is 0 Å². The highest BCUT2D eigenvalue weighted by Gasteiger charge is 2.24. The Labute approximate surface area is 140 Å². The molecule has 0 spiro atoms. The zero-order valence-corrected chi connectivity index (χ0v) is 14.0. The molecule has 5 nitrogen and oxygen atoms in total. The number of aryl methyl sites for hydroxylation is 1. The molecule has 0 radical (unpaired) electrons. The Morgan fingerprint density at radius 1 is 1.17 bits per heavy atom. The summed E-state index contributed by atoms with van der Waals surface area (Å²) in [4.78, 5) is 0. The first kappa shape index (κ1) is 15.1. The van der Waals surface area contributed by atoms with Gasteiger partial charge in [-0.05, 0) is 53.7 Å². The summed E-state index contributed by atoms with van der Waals surface area (Å²) in [6, 6.07) is 8.83. The van der Waals surface area contributed by atoms with Crippen LogP contribution in [0.4, 0.5) is 0 Å². The molecule has 2 heterocycles. The Morgan fingerprint density at radius 2 is 2.13 bits per heavy atom. The highest BCUT2D eigenvalue weighted by atomic mass is 32.2. The minimum Gasteiger partial charge on any atom is -0.376 e. The van der Waals surface area contributed by atoms with Gasteiger partial charge in [0.05, 0.1) is 12.6 Å². The van der Waals surface area contributed by atoms with Gasteiger partial charge < -0.3 is 4.74 Å². The van der Waals surface area contributed by atoms with E-state index < -0.39 is 0 Å². The zero-order chi connectivity index (χ0) is 15.5. The number of nitrogens with zero attached hydrogens (tertiary/aromatic N) is 4. The van der Waals surface area contributed by atoms with Gasteiger partial charge in [0.15, 0.2) is 0 Å². The molecule has 0 amide bonds. The van der Waals surface area contributed by atoms with Gasteiger partial charge in [-0.2, -0.15) is 0 Å². The van der Waals surface area contributed by atoms with E-state index in [-0.39, 0.29) is 6.10 Å². The first-order valence-corrected chi connectivity index (χ1v) is 9.40. The Bertz CT molecular complexity index is 654. The van der Waals surface area contributed by atoms with Crippen LogP contribution in [-0.4, -0.2) is 32.9 Å². The van der Waals surface area contributed by atoms with Crippen LogP contribution in [0.2, 0.25) is 0 Å². The summed E-state index contributed by atoms with van der Waals surface area (Å²) in [7, 11) is 0. The molecule has 0 bridgehead atoms. The van der Waals surface area contributed by atoms with Crippen LogP contribution in [0.25, 0.3) is 0 Å². The lowest BCUT2D eigenvalue weighted by atomic mass is 10.0. The number of fused-ring (bicyclic) bond motifs is 1. The van der Waals surface area contributed by atoms with E-state index in [4.69, 9.17) is 4.74 Å². The van der Waals surface area contributed by atoms with Crippen molar-refractivity contribution in [3.63, 3.8) is 0 Å². The van der Waals surface area contributed by atoms with Crippen LogP contribution >= 0.6 is 11.8 Å². The smallest absolute Gasteiger partial charge is 0.209 e.